The van der Waals surface area contributed by atoms with Crippen molar-refractivity contribution in [3.63, 3.8) is 0 Å². The van der Waals surface area contributed by atoms with E-state index in [1.807, 2.05) is 0 Å². The Labute approximate surface area is 65.8 Å². The minimum Gasteiger partial charge on any atom is -0.389 e. The average Bonchev–Trinajstić information content (AvgIpc) is 2.06. The van der Waals surface area contributed by atoms with Gasteiger partial charge in [-0.3, -0.25) is 0 Å². The highest BCUT2D eigenvalue weighted by Gasteiger charge is 3.09. The van der Waals surface area contributed by atoms with Crippen LogP contribution in [0.15, 0.2) is 0 Å². The summed E-state index contributed by atoms with van der Waals surface area (Å²) in [5, 5.41) is 10.0. The normalized spacial score (nSPS) is 95.5. The first-order valence-corrected chi connectivity index (χ1v) is 5.02. The molecule has 6 fully saturated rings. The molecule has 0 saturated heterocycles. The third-order valence-electron chi connectivity index (χ3n) is 6.40. The fourth-order valence-electron chi connectivity index (χ4n) is 6.40. The van der Waals surface area contributed by atoms with Crippen molar-refractivity contribution in [3.05, 3.63) is 0 Å². The van der Waals surface area contributed by atoms with Crippen LogP contribution in [0.5, 0.6) is 0 Å². The van der Waals surface area contributed by atoms with Gasteiger partial charge in [0.1, 0.15) is 0 Å². The van der Waals surface area contributed by atoms with Crippen molar-refractivity contribution in [3.8, 4) is 0 Å². The van der Waals surface area contributed by atoms with Crippen molar-refractivity contribution in [1.29, 1.82) is 0 Å². The molecular weight excluding hydrogens is 136 g/mol. The molecule has 0 unspecified atom stereocenters. The van der Waals surface area contributed by atoms with Crippen molar-refractivity contribution in [2.75, 3.05) is 0 Å². The van der Waals surface area contributed by atoms with Gasteiger partial charge in [-0.2, -0.15) is 0 Å². The molecule has 0 aromatic carbocycles. The standard InChI is InChI=1S/C10H12O/c1-2-9-3-6-4(9)8-5(9)7(3)10(6,8)11/h3-8,11H,2H2,1H3. The molecule has 1 N–H and O–H groups in total. The molecule has 0 aromatic rings. The van der Waals surface area contributed by atoms with Crippen LogP contribution in [0, 0.1) is 40.9 Å². The Morgan fingerprint density at radius 1 is 1.00 bits per heavy atom. The van der Waals surface area contributed by atoms with E-state index in [0.29, 0.717) is 0 Å². The second-order valence-corrected chi connectivity index (χ2v) is 5.51. The van der Waals surface area contributed by atoms with Crippen molar-refractivity contribution in [1.82, 2.24) is 0 Å². The number of aliphatic hydroxyl groups is 1. The molecule has 0 amide bonds. The van der Waals surface area contributed by atoms with E-state index in [2.05, 4.69) is 6.92 Å². The summed E-state index contributed by atoms with van der Waals surface area (Å²) in [6, 6.07) is 0. The molecule has 0 heterocycles. The van der Waals surface area contributed by atoms with E-state index in [1.165, 1.54) is 6.42 Å². The SMILES string of the molecule is CCC12C3C4C1C1C2C3C41O. The first-order valence-electron chi connectivity index (χ1n) is 5.02. The van der Waals surface area contributed by atoms with E-state index in [4.69, 9.17) is 0 Å². The monoisotopic (exact) mass is 148 g/mol. The van der Waals surface area contributed by atoms with E-state index in [0.717, 1.165) is 40.9 Å². The van der Waals surface area contributed by atoms with E-state index in [9.17, 15) is 5.11 Å². The van der Waals surface area contributed by atoms with Crippen LogP contribution >= 0.6 is 0 Å². The molecule has 0 atom stereocenters. The van der Waals surface area contributed by atoms with Crippen LogP contribution in [0.1, 0.15) is 13.3 Å². The Kier molecular flexibility index (Phi) is 0.368. The summed E-state index contributed by atoms with van der Waals surface area (Å²) in [6.45, 7) is 2.35. The lowest BCUT2D eigenvalue weighted by Crippen LogP contribution is -3.12. The van der Waals surface area contributed by atoms with Crippen LogP contribution in [0.4, 0.5) is 0 Å². The zero-order valence-electron chi connectivity index (χ0n) is 6.62. The molecule has 58 valence electrons. The van der Waals surface area contributed by atoms with Crippen molar-refractivity contribution in [2.45, 2.75) is 18.9 Å². The molecule has 1 nitrogen and oxygen atoms in total. The first kappa shape index (κ1) is 4.86. The maximum absolute atomic E-state index is 10.0. The van der Waals surface area contributed by atoms with E-state index < -0.39 is 0 Å². The maximum atomic E-state index is 10.0. The van der Waals surface area contributed by atoms with Gasteiger partial charge >= 0.3 is 0 Å². The molecule has 6 rings (SSSR count). The van der Waals surface area contributed by atoms with Crippen LogP contribution < -0.4 is 0 Å². The van der Waals surface area contributed by atoms with Crippen molar-refractivity contribution < 1.29 is 5.11 Å². The van der Waals surface area contributed by atoms with Gasteiger partial charge < -0.3 is 5.11 Å². The maximum Gasteiger partial charge on any atom is 0.0749 e. The second-order valence-electron chi connectivity index (χ2n) is 5.51. The lowest BCUT2D eigenvalue weighted by Gasteiger charge is -3.10. The molecule has 6 saturated carbocycles. The lowest BCUT2D eigenvalue weighted by atomic mass is 8.95. The molecule has 0 aromatic heterocycles. The van der Waals surface area contributed by atoms with E-state index in [1.54, 1.807) is 0 Å². The smallest absolute Gasteiger partial charge is 0.0749 e. The van der Waals surface area contributed by atoms with Crippen LogP contribution in [-0.2, 0) is 0 Å². The minimum atomic E-state index is -0.0586. The summed E-state index contributed by atoms with van der Waals surface area (Å²) in [6.07, 6.45) is 1.41. The van der Waals surface area contributed by atoms with Gasteiger partial charge in [-0.05, 0) is 47.3 Å². The number of hydrogen-bond acceptors (Lipinski definition) is 1. The van der Waals surface area contributed by atoms with Gasteiger partial charge in [0.25, 0.3) is 0 Å². The molecule has 6 aliphatic carbocycles. The Morgan fingerprint density at radius 2 is 1.45 bits per heavy atom. The van der Waals surface area contributed by atoms with Crippen LogP contribution in [0.3, 0.4) is 0 Å². The average molecular weight is 148 g/mol. The van der Waals surface area contributed by atoms with Crippen LogP contribution in [0.25, 0.3) is 0 Å². The number of rotatable bonds is 1. The lowest BCUT2D eigenvalue weighted by molar-refractivity contribution is -0.662. The zero-order valence-corrected chi connectivity index (χ0v) is 6.62. The number of hydrogen-bond donors (Lipinski definition) is 1. The van der Waals surface area contributed by atoms with E-state index >= 15 is 0 Å². The fourth-order valence-corrected chi connectivity index (χ4v) is 6.40. The molecule has 6 aliphatic rings. The predicted octanol–water partition coefficient (Wildman–Crippen LogP) is 0.879. The Hall–Kier alpha value is -0.0400. The van der Waals surface area contributed by atoms with E-state index in [-0.39, 0.29) is 5.60 Å². The molecule has 0 bridgehead atoms. The Morgan fingerprint density at radius 3 is 1.82 bits per heavy atom. The van der Waals surface area contributed by atoms with Gasteiger partial charge in [0.05, 0.1) is 5.60 Å². The van der Waals surface area contributed by atoms with Crippen LogP contribution in [0.2, 0.25) is 0 Å². The zero-order chi connectivity index (χ0) is 7.17. The van der Waals surface area contributed by atoms with Gasteiger partial charge in [-0.25, -0.2) is 0 Å². The second kappa shape index (κ2) is 0.834. The van der Waals surface area contributed by atoms with Crippen molar-refractivity contribution in [2.24, 2.45) is 40.9 Å². The van der Waals surface area contributed by atoms with Gasteiger partial charge in [0.15, 0.2) is 0 Å². The molecule has 0 aliphatic heterocycles. The minimum absolute atomic E-state index is 0.0586. The largest absolute Gasteiger partial charge is 0.389 e. The van der Waals surface area contributed by atoms with Gasteiger partial charge in [-0.1, -0.05) is 6.92 Å². The highest BCUT2D eigenvalue weighted by atomic mass is 16.3. The topological polar surface area (TPSA) is 20.2 Å². The Balaban J connectivity index is 1.76. The quantitative estimate of drug-likeness (QED) is 0.585. The third kappa shape index (κ3) is 0.159. The fraction of sp³-hybridized carbons (Fsp3) is 1.00. The third-order valence-corrected chi connectivity index (χ3v) is 6.40. The molecular formula is C10H12O. The molecule has 11 heavy (non-hydrogen) atoms. The van der Waals surface area contributed by atoms with Gasteiger partial charge in [0.2, 0.25) is 0 Å². The summed E-state index contributed by atoms with van der Waals surface area (Å²) in [4.78, 5) is 0. The molecule has 0 radical (unpaired) electrons. The van der Waals surface area contributed by atoms with Gasteiger partial charge in [-0.15, -0.1) is 0 Å². The first-order chi connectivity index (χ1) is 5.29. The predicted molar refractivity (Wildman–Crippen MR) is 38.6 cm³/mol. The summed E-state index contributed by atoms with van der Waals surface area (Å²) in [7, 11) is 0. The summed E-state index contributed by atoms with van der Waals surface area (Å²) in [5.41, 5.74) is 0.765. The Bertz CT molecular complexity index is 252. The summed E-state index contributed by atoms with van der Waals surface area (Å²) >= 11 is 0. The highest BCUT2D eigenvalue weighted by molar-refractivity contribution is 5.56. The molecule has 0 spiro atoms. The molecule has 1 heteroatoms. The van der Waals surface area contributed by atoms with Crippen molar-refractivity contribution >= 4 is 0 Å². The van der Waals surface area contributed by atoms with Crippen LogP contribution in [-0.4, -0.2) is 10.7 Å². The van der Waals surface area contributed by atoms with Gasteiger partial charge in [0, 0.05) is 0 Å². The highest BCUT2D eigenvalue weighted by Crippen LogP contribution is 3.07. The summed E-state index contributed by atoms with van der Waals surface area (Å²) < 4.78 is 0. The summed E-state index contributed by atoms with van der Waals surface area (Å²) in [5.74, 6) is 5.46.